The number of fused-ring (bicyclic) bond motifs is 2. The first-order valence-corrected chi connectivity index (χ1v) is 7.49. The monoisotopic (exact) mass is 303 g/mol. The van der Waals surface area contributed by atoms with Crippen LogP contribution in [0.5, 0.6) is 0 Å². The summed E-state index contributed by atoms with van der Waals surface area (Å²) in [6.07, 6.45) is 5.62. The Morgan fingerprint density at radius 2 is 1.68 bits per heavy atom. The molecular formula is C17H18FNO3. The number of amides is 1. The second-order valence-corrected chi connectivity index (χ2v) is 6.02. The Labute approximate surface area is 128 Å². The van der Waals surface area contributed by atoms with Crippen LogP contribution < -0.4 is 5.32 Å². The first-order valence-electron chi connectivity index (χ1n) is 7.49. The molecule has 0 aromatic heterocycles. The summed E-state index contributed by atoms with van der Waals surface area (Å²) in [4.78, 5) is 24.0. The highest BCUT2D eigenvalue weighted by atomic mass is 19.1. The third-order valence-electron chi connectivity index (χ3n) is 4.72. The van der Waals surface area contributed by atoms with Gasteiger partial charge in [-0.15, -0.1) is 0 Å². The molecule has 0 heterocycles. The molecule has 2 N–H and O–H groups in total. The zero-order valence-electron chi connectivity index (χ0n) is 12.0. The summed E-state index contributed by atoms with van der Waals surface area (Å²) < 4.78 is 12.9. The normalized spacial score (nSPS) is 29.3. The van der Waals surface area contributed by atoms with Gasteiger partial charge in [-0.05, 0) is 42.4 Å². The number of allylic oxidation sites excluding steroid dienone is 2. The molecule has 5 heteroatoms. The van der Waals surface area contributed by atoms with Crippen molar-refractivity contribution in [3.8, 4) is 0 Å². The van der Waals surface area contributed by atoms with Crippen molar-refractivity contribution >= 4 is 11.9 Å². The van der Waals surface area contributed by atoms with Crippen LogP contribution in [0.3, 0.4) is 0 Å². The SMILES string of the molecule is O=C(O)[C@H]1[C@H](C(=O)NCc2ccc(F)cc2)[C@H]2C=C[C@H]1CC2. The smallest absolute Gasteiger partial charge is 0.307 e. The molecule has 4 rings (SSSR count). The van der Waals surface area contributed by atoms with E-state index >= 15 is 0 Å². The van der Waals surface area contributed by atoms with Gasteiger partial charge in [0, 0.05) is 6.54 Å². The Balaban J connectivity index is 1.69. The number of carbonyl (C=O) groups excluding carboxylic acids is 1. The van der Waals surface area contributed by atoms with E-state index in [1.54, 1.807) is 12.1 Å². The van der Waals surface area contributed by atoms with E-state index in [4.69, 9.17) is 0 Å². The molecule has 4 atom stereocenters. The molecule has 0 aliphatic heterocycles. The Kier molecular flexibility index (Phi) is 3.96. The van der Waals surface area contributed by atoms with Crippen molar-refractivity contribution in [2.45, 2.75) is 19.4 Å². The quantitative estimate of drug-likeness (QED) is 0.839. The molecule has 1 aromatic rings. The van der Waals surface area contributed by atoms with E-state index < -0.39 is 17.8 Å². The first kappa shape index (κ1) is 14.8. The summed E-state index contributed by atoms with van der Waals surface area (Å²) in [6, 6.07) is 5.90. The van der Waals surface area contributed by atoms with Gasteiger partial charge in [0.05, 0.1) is 11.8 Å². The predicted octanol–water partition coefficient (Wildman–Crippen LogP) is 2.35. The summed E-state index contributed by atoms with van der Waals surface area (Å²) in [7, 11) is 0. The molecule has 1 aromatic carbocycles. The molecule has 116 valence electrons. The highest BCUT2D eigenvalue weighted by Gasteiger charge is 2.47. The number of hydrogen-bond acceptors (Lipinski definition) is 2. The van der Waals surface area contributed by atoms with E-state index in [2.05, 4.69) is 5.32 Å². The van der Waals surface area contributed by atoms with E-state index in [-0.39, 0.29) is 30.1 Å². The van der Waals surface area contributed by atoms with Gasteiger partial charge in [-0.2, -0.15) is 0 Å². The number of hydrogen-bond donors (Lipinski definition) is 2. The molecule has 1 saturated carbocycles. The Morgan fingerprint density at radius 3 is 2.23 bits per heavy atom. The highest BCUT2D eigenvalue weighted by molar-refractivity contribution is 5.86. The summed E-state index contributed by atoms with van der Waals surface area (Å²) in [6.45, 7) is 0.281. The molecule has 0 radical (unpaired) electrons. The van der Waals surface area contributed by atoms with E-state index in [0.717, 1.165) is 18.4 Å². The zero-order valence-corrected chi connectivity index (χ0v) is 12.0. The number of nitrogens with one attached hydrogen (secondary N) is 1. The van der Waals surface area contributed by atoms with Crippen molar-refractivity contribution in [1.82, 2.24) is 5.32 Å². The van der Waals surface area contributed by atoms with E-state index in [1.807, 2.05) is 12.2 Å². The topological polar surface area (TPSA) is 66.4 Å². The number of carboxylic acid groups (broad SMARTS) is 1. The van der Waals surface area contributed by atoms with E-state index in [1.165, 1.54) is 12.1 Å². The van der Waals surface area contributed by atoms with Crippen LogP contribution in [0.4, 0.5) is 4.39 Å². The van der Waals surface area contributed by atoms with E-state index in [0.29, 0.717) is 0 Å². The van der Waals surface area contributed by atoms with Crippen molar-refractivity contribution in [3.05, 3.63) is 47.8 Å². The lowest BCUT2D eigenvalue weighted by atomic mass is 9.62. The first-order chi connectivity index (χ1) is 10.6. The van der Waals surface area contributed by atoms with Crippen molar-refractivity contribution in [3.63, 3.8) is 0 Å². The van der Waals surface area contributed by atoms with Crippen LogP contribution in [0.25, 0.3) is 0 Å². The fourth-order valence-electron chi connectivity index (χ4n) is 3.60. The van der Waals surface area contributed by atoms with Crippen molar-refractivity contribution < 1.29 is 19.1 Å². The van der Waals surface area contributed by atoms with Crippen LogP contribution >= 0.6 is 0 Å². The summed E-state index contributed by atoms with van der Waals surface area (Å²) >= 11 is 0. The second-order valence-electron chi connectivity index (χ2n) is 6.02. The van der Waals surface area contributed by atoms with Crippen LogP contribution in [0.1, 0.15) is 18.4 Å². The summed E-state index contributed by atoms with van der Waals surface area (Å²) in [5.74, 6) is -2.66. The van der Waals surface area contributed by atoms with Gasteiger partial charge < -0.3 is 10.4 Å². The summed E-state index contributed by atoms with van der Waals surface area (Å²) in [5.41, 5.74) is 0.790. The average Bonchev–Trinajstić information content (AvgIpc) is 2.54. The van der Waals surface area contributed by atoms with Gasteiger partial charge >= 0.3 is 5.97 Å². The predicted molar refractivity (Wildman–Crippen MR) is 78.2 cm³/mol. The maximum atomic E-state index is 12.9. The number of carbonyl (C=O) groups is 2. The molecule has 0 saturated heterocycles. The second kappa shape index (κ2) is 5.91. The molecule has 2 bridgehead atoms. The molecule has 1 amide bonds. The van der Waals surface area contributed by atoms with Gasteiger partial charge in [0.1, 0.15) is 5.82 Å². The Morgan fingerprint density at radius 1 is 1.09 bits per heavy atom. The fourth-order valence-corrected chi connectivity index (χ4v) is 3.60. The largest absolute Gasteiger partial charge is 0.481 e. The molecule has 0 unspecified atom stereocenters. The van der Waals surface area contributed by atoms with Crippen LogP contribution in [0.15, 0.2) is 36.4 Å². The lowest BCUT2D eigenvalue weighted by Gasteiger charge is -2.41. The summed E-state index contributed by atoms with van der Waals surface area (Å²) in [5, 5.41) is 12.2. The minimum Gasteiger partial charge on any atom is -0.481 e. The molecule has 3 aliphatic carbocycles. The van der Waals surface area contributed by atoms with Gasteiger partial charge in [0.15, 0.2) is 0 Å². The van der Waals surface area contributed by atoms with E-state index in [9.17, 15) is 19.1 Å². The fraction of sp³-hybridized carbons (Fsp3) is 0.412. The van der Waals surface area contributed by atoms with Crippen LogP contribution in [-0.2, 0) is 16.1 Å². The zero-order chi connectivity index (χ0) is 15.7. The third kappa shape index (κ3) is 2.75. The number of halogens is 1. The average molecular weight is 303 g/mol. The van der Waals surface area contributed by atoms with Gasteiger partial charge in [-0.1, -0.05) is 24.3 Å². The molecule has 22 heavy (non-hydrogen) atoms. The van der Waals surface area contributed by atoms with Gasteiger partial charge in [-0.25, -0.2) is 4.39 Å². The van der Waals surface area contributed by atoms with Crippen molar-refractivity contribution in [2.75, 3.05) is 0 Å². The molecule has 1 fully saturated rings. The number of carboxylic acids is 1. The molecule has 4 nitrogen and oxygen atoms in total. The molecule has 0 spiro atoms. The van der Waals surface area contributed by atoms with Crippen LogP contribution in [0.2, 0.25) is 0 Å². The standard InChI is InChI=1S/C17H18FNO3/c18-13-7-1-10(2-8-13)9-19-16(20)14-11-3-5-12(6-4-11)15(14)17(21)22/h1-3,5,7-8,11-12,14-15H,4,6,9H2,(H,19,20)(H,21,22)/t11-,12-,14+,15+/m0/s1. The number of benzene rings is 1. The van der Waals surface area contributed by atoms with Gasteiger partial charge in [0.25, 0.3) is 0 Å². The van der Waals surface area contributed by atoms with Gasteiger partial charge in [-0.3, -0.25) is 9.59 Å². The molecule has 3 aliphatic rings. The highest BCUT2D eigenvalue weighted by Crippen LogP contribution is 2.45. The Hall–Kier alpha value is -2.17. The van der Waals surface area contributed by atoms with Crippen LogP contribution in [0, 0.1) is 29.5 Å². The third-order valence-corrected chi connectivity index (χ3v) is 4.72. The minimum absolute atomic E-state index is 0.000632. The maximum absolute atomic E-state index is 12.9. The lowest BCUT2D eigenvalue weighted by Crippen LogP contribution is -2.48. The van der Waals surface area contributed by atoms with Crippen molar-refractivity contribution in [1.29, 1.82) is 0 Å². The minimum atomic E-state index is -0.902. The van der Waals surface area contributed by atoms with Crippen molar-refractivity contribution in [2.24, 2.45) is 23.7 Å². The van der Waals surface area contributed by atoms with Gasteiger partial charge in [0.2, 0.25) is 5.91 Å². The maximum Gasteiger partial charge on any atom is 0.307 e. The van der Waals surface area contributed by atoms with Crippen LogP contribution in [-0.4, -0.2) is 17.0 Å². The lowest BCUT2D eigenvalue weighted by molar-refractivity contribution is -0.153. The molecular weight excluding hydrogens is 285 g/mol. The Bertz CT molecular complexity index is 611. The number of aliphatic carboxylic acids is 1. The number of rotatable bonds is 4.